The minimum absolute atomic E-state index is 0.0120. The number of amides is 1. The number of aromatic amines is 1. The summed E-state index contributed by atoms with van der Waals surface area (Å²) in [6, 6.07) is 0. The van der Waals surface area contributed by atoms with Crippen LogP contribution in [0.1, 0.15) is 59.6 Å². The van der Waals surface area contributed by atoms with E-state index >= 15 is 0 Å². The van der Waals surface area contributed by atoms with Crippen LogP contribution in [0.5, 0.6) is 0 Å². The van der Waals surface area contributed by atoms with Gasteiger partial charge in [0.15, 0.2) is 0 Å². The van der Waals surface area contributed by atoms with Crippen LogP contribution >= 0.6 is 0 Å². The Kier molecular flexibility index (Phi) is 5.08. The van der Waals surface area contributed by atoms with Gasteiger partial charge in [0.2, 0.25) is 5.95 Å². The minimum Gasteiger partial charge on any atom is -0.357 e. The van der Waals surface area contributed by atoms with Gasteiger partial charge in [-0.3, -0.25) is 9.89 Å². The average molecular weight is 328 g/mol. The molecule has 0 saturated heterocycles. The number of nitrogens with one attached hydrogen (secondary N) is 2. The van der Waals surface area contributed by atoms with Crippen LogP contribution in [0, 0.1) is 0 Å². The molecule has 0 spiro atoms. The van der Waals surface area contributed by atoms with E-state index in [1.807, 2.05) is 0 Å². The second kappa shape index (κ2) is 7.42. The van der Waals surface area contributed by atoms with E-state index in [1.54, 1.807) is 37.6 Å². The van der Waals surface area contributed by atoms with E-state index in [4.69, 9.17) is 0 Å². The first-order valence-corrected chi connectivity index (χ1v) is 8.46. The summed E-state index contributed by atoms with van der Waals surface area (Å²) in [4.78, 5) is 22.9. The summed E-state index contributed by atoms with van der Waals surface area (Å²) in [5.74, 6) is 0.982. The number of carbonyl (C=O) groups is 1. The van der Waals surface area contributed by atoms with Crippen molar-refractivity contribution in [1.82, 2.24) is 25.1 Å². The molecule has 2 heterocycles. The van der Waals surface area contributed by atoms with Gasteiger partial charge >= 0.3 is 0 Å². The molecule has 3 rings (SSSR count). The molecule has 7 nitrogen and oxygen atoms in total. The van der Waals surface area contributed by atoms with Gasteiger partial charge in [0.25, 0.3) is 5.91 Å². The molecule has 2 aromatic rings. The number of hydrogen-bond acceptors (Lipinski definition) is 5. The lowest BCUT2D eigenvalue weighted by atomic mass is 9.85. The Balaban J connectivity index is 1.70. The molecule has 24 heavy (non-hydrogen) atoms. The predicted molar refractivity (Wildman–Crippen MR) is 91.8 cm³/mol. The molecule has 0 bridgehead atoms. The minimum atomic E-state index is -0.0120. The van der Waals surface area contributed by atoms with Crippen molar-refractivity contribution in [3.8, 4) is 0 Å². The lowest BCUT2D eigenvalue weighted by Crippen LogP contribution is -2.27. The van der Waals surface area contributed by atoms with E-state index in [1.165, 1.54) is 19.3 Å². The molecule has 2 aromatic heterocycles. The summed E-state index contributed by atoms with van der Waals surface area (Å²) in [6.07, 6.45) is 11.1. The van der Waals surface area contributed by atoms with Crippen LogP contribution in [-0.2, 0) is 6.54 Å². The second-order valence-electron chi connectivity index (χ2n) is 6.36. The molecular formula is C17H24N6O. The van der Waals surface area contributed by atoms with Crippen molar-refractivity contribution >= 4 is 11.9 Å². The molecule has 128 valence electrons. The number of anilines is 1. The van der Waals surface area contributed by atoms with Crippen molar-refractivity contribution in [3.05, 3.63) is 35.4 Å². The van der Waals surface area contributed by atoms with E-state index in [9.17, 15) is 4.79 Å². The molecule has 0 aliphatic heterocycles. The maximum atomic E-state index is 12.8. The molecule has 0 radical (unpaired) electrons. The second-order valence-corrected chi connectivity index (χ2v) is 6.36. The van der Waals surface area contributed by atoms with E-state index in [2.05, 4.69) is 25.5 Å². The van der Waals surface area contributed by atoms with E-state index in [0.717, 1.165) is 24.1 Å². The number of carbonyl (C=O) groups excluding carboxylic acids is 1. The van der Waals surface area contributed by atoms with Gasteiger partial charge in [-0.1, -0.05) is 19.3 Å². The molecule has 7 heteroatoms. The molecule has 1 aliphatic rings. The van der Waals surface area contributed by atoms with Crippen molar-refractivity contribution in [2.24, 2.45) is 0 Å². The Bertz CT molecular complexity index is 675. The Morgan fingerprint density at radius 3 is 2.62 bits per heavy atom. The standard InChI is InChI=1S/C17H24N6O/c1-18-17-19-8-12(9-20-17)11-23(2)16(24)14-10-21-22-15(14)13-6-4-3-5-7-13/h8-10,13H,3-7,11H2,1-2H3,(H,21,22)(H,18,19,20). The summed E-state index contributed by atoms with van der Waals surface area (Å²) in [7, 11) is 3.57. The fourth-order valence-electron chi connectivity index (χ4n) is 3.29. The molecule has 1 saturated carbocycles. The SMILES string of the molecule is CNc1ncc(CN(C)C(=O)c2cn[nH]c2C2CCCCC2)cn1. The van der Waals surface area contributed by atoms with Gasteiger partial charge in [0.05, 0.1) is 17.5 Å². The van der Waals surface area contributed by atoms with E-state index in [-0.39, 0.29) is 5.91 Å². The Morgan fingerprint density at radius 1 is 1.25 bits per heavy atom. The predicted octanol–water partition coefficient (Wildman–Crippen LogP) is 2.56. The highest BCUT2D eigenvalue weighted by molar-refractivity contribution is 5.95. The highest BCUT2D eigenvalue weighted by atomic mass is 16.2. The van der Waals surface area contributed by atoms with Gasteiger partial charge in [-0.15, -0.1) is 0 Å². The number of hydrogen-bond donors (Lipinski definition) is 2. The van der Waals surface area contributed by atoms with Crippen LogP contribution in [0.4, 0.5) is 5.95 Å². The topological polar surface area (TPSA) is 86.8 Å². The van der Waals surface area contributed by atoms with Crippen molar-refractivity contribution in [1.29, 1.82) is 0 Å². The van der Waals surface area contributed by atoms with Gasteiger partial charge in [-0.25, -0.2) is 9.97 Å². The summed E-state index contributed by atoms with van der Waals surface area (Å²) in [6.45, 7) is 0.470. The normalized spacial score (nSPS) is 15.2. The maximum Gasteiger partial charge on any atom is 0.257 e. The summed E-state index contributed by atoms with van der Waals surface area (Å²) in [5, 5.41) is 10.1. The third kappa shape index (κ3) is 3.55. The van der Waals surface area contributed by atoms with Gasteiger partial charge in [0, 0.05) is 44.5 Å². The molecule has 0 unspecified atom stereocenters. The third-order valence-corrected chi connectivity index (χ3v) is 4.61. The van der Waals surface area contributed by atoms with E-state index < -0.39 is 0 Å². The number of nitrogens with zero attached hydrogens (tertiary/aromatic N) is 4. The lowest BCUT2D eigenvalue weighted by molar-refractivity contribution is 0.0783. The first kappa shape index (κ1) is 16.4. The van der Waals surface area contributed by atoms with Crippen LogP contribution in [0.3, 0.4) is 0 Å². The molecule has 2 N–H and O–H groups in total. The van der Waals surface area contributed by atoms with Crippen molar-refractivity contribution < 1.29 is 4.79 Å². The maximum absolute atomic E-state index is 12.8. The molecule has 0 aromatic carbocycles. The Hall–Kier alpha value is -2.44. The monoisotopic (exact) mass is 328 g/mol. The van der Waals surface area contributed by atoms with E-state index in [0.29, 0.717) is 24.0 Å². The van der Waals surface area contributed by atoms with Crippen LogP contribution in [0.25, 0.3) is 0 Å². The van der Waals surface area contributed by atoms with Crippen LogP contribution in [0.15, 0.2) is 18.6 Å². The van der Waals surface area contributed by atoms with Crippen molar-refractivity contribution in [2.75, 3.05) is 19.4 Å². The quantitative estimate of drug-likeness (QED) is 0.881. The third-order valence-electron chi connectivity index (χ3n) is 4.61. The van der Waals surface area contributed by atoms with Crippen LogP contribution in [-0.4, -0.2) is 45.1 Å². The highest BCUT2D eigenvalue weighted by Gasteiger charge is 2.25. The van der Waals surface area contributed by atoms with Gasteiger partial charge in [-0.2, -0.15) is 5.10 Å². The van der Waals surface area contributed by atoms with Gasteiger partial charge in [0.1, 0.15) is 0 Å². The Morgan fingerprint density at radius 2 is 1.96 bits per heavy atom. The number of rotatable bonds is 5. The zero-order valence-corrected chi connectivity index (χ0v) is 14.2. The smallest absolute Gasteiger partial charge is 0.257 e. The summed E-state index contributed by atoms with van der Waals surface area (Å²) < 4.78 is 0. The first-order valence-electron chi connectivity index (χ1n) is 8.46. The summed E-state index contributed by atoms with van der Waals surface area (Å²) >= 11 is 0. The first-order chi connectivity index (χ1) is 11.7. The number of aromatic nitrogens is 4. The largest absolute Gasteiger partial charge is 0.357 e. The van der Waals surface area contributed by atoms with Gasteiger partial charge in [-0.05, 0) is 12.8 Å². The lowest BCUT2D eigenvalue weighted by Gasteiger charge is -2.23. The van der Waals surface area contributed by atoms with Crippen LogP contribution < -0.4 is 5.32 Å². The zero-order valence-electron chi connectivity index (χ0n) is 14.2. The van der Waals surface area contributed by atoms with Crippen molar-refractivity contribution in [2.45, 2.75) is 44.6 Å². The Labute approximate surface area is 141 Å². The average Bonchev–Trinajstić information content (AvgIpc) is 3.12. The molecular weight excluding hydrogens is 304 g/mol. The van der Waals surface area contributed by atoms with Gasteiger partial charge < -0.3 is 10.2 Å². The fourth-order valence-corrected chi connectivity index (χ4v) is 3.29. The molecule has 0 atom stereocenters. The fraction of sp³-hybridized carbons (Fsp3) is 0.529. The highest BCUT2D eigenvalue weighted by Crippen LogP contribution is 2.33. The van der Waals surface area contributed by atoms with Crippen molar-refractivity contribution in [3.63, 3.8) is 0 Å². The molecule has 1 fully saturated rings. The van der Waals surface area contributed by atoms with Crippen LogP contribution in [0.2, 0.25) is 0 Å². The molecule has 1 amide bonds. The summed E-state index contributed by atoms with van der Waals surface area (Å²) in [5.41, 5.74) is 2.58. The zero-order chi connectivity index (χ0) is 16.9. The number of H-pyrrole nitrogens is 1. The molecule has 1 aliphatic carbocycles.